The second kappa shape index (κ2) is 8.14. The summed E-state index contributed by atoms with van der Waals surface area (Å²) in [5.74, 6) is -0.102. The fraction of sp³-hybridized carbons (Fsp3) is 0.462. The van der Waals surface area contributed by atoms with Gasteiger partial charge in [0.05, 0.1) is 12.2 Å². The lowest BCUT2D eigenvalue weighted by Gasteiger charge is -2.07. The molecule has 0 fully saturated rings. The van der Waals surface area contributed by atoms with E-state index < -0.39 is 0 Å². The van der Waals surface area contributed by atoms with E-state index in [2.05, 4.69) is 24.9 Å². The molecule has 0 spiro atoms. The Labute approximate surface area is 108 Å². The van der Waals surface area contributed by atoms with Crippen LogP contribution in [0.1, 0.15) is 30.1 Å². The van der Waals surface area contributed by atoms with Gasteiger partial charge in [0.2, 0.25) is 0 Å². The third-order valence-electron chi connectivity index (χ3n) is 2.32. The second-order valence-electron chi connectivity index (χ2n) is 3.74. The number of amides is 1. The Bertz CT molecular complexity index is 355. The van der Waals surface area contributed by atoms with Gasteiger partial charge in [0.15, 0.2) is 0 Å². The third-order valence-corrected chi connectivity index (χ3v) is 2.71. The van der Waals surface area contributed by atoms with Gasteiger partial charge in [-0.25, -0.2) is 0 Å². The summed E-state index contributed by atoms with van der Waals surface area (Å²) in [5.41, 5.74) is 0.601. The van der Waals surface area contributed by atoms with Crippen molar-refractivity contribution in [2.24, 2.45) is 0 Å². The lowest BCUT2D eigenvalue weighted by atomic mass is 10.2. The zero-order chi connectivity index (χ0) is 12.5. The number of unbranched alkanes of at least 4 members (excludes halogenated alkanes) is 1. The van der Waals surface area contributed by atoms with Gasteiger partial charge in [0.25, 0.3) is 5.91 Å². The van der Waals surface area contributed by atoms with E-state index in [4.69, 9.17) is 4.74 Å². The maximum atomic E-state index is 11.7. The van der Waals surface area contributed by atoms with Crippen molar-refractivity contribution in [3.8, 4) is 0 Å². The average Bonchev–Trinajstić information content (AvgIpc) is 2.34. The summed E-state index contributed by atoms with van der Waals surface area (Å²) in [6.45, 7) is 3.97. The van der Waals surface area contributed by atoms with E-state index in [-0.39, 0.29) is 5.91 Å². The maximum Gasteiger partial charge on any atom is 0.252 e. The van der Waals surface area contributed by atoms with Crippen LogP contribution >= 0.6 is 12.6 Å². The van der Waals surface area contributed by atoms with Crippen LogP contribution in [-0.2, 0) is 4.74 Å². The number of ether oxygens (including phenoxy) is 1. The van der Waals surface area contributed by atoms with Gasteiger partial charge in [0.1, 0.15) is 0 Å². The standard InChI is InChI=1S/C13H19NO2S/c1-2-3-9-16-10-8-14-13(15)11-6-4-5-7-12(11)17/h4-7,17H,2-3,8-10H2,1H3,(H,14,15). The molecule has 0 aliphatic heterocycles. The van der Waals surface area contributed by atoms with Crippen LogP contribution in [0.2, 0.25) is 0 Å². The van der Waals surface area contributed by atoms with E-state index in [1.807, 2.05) is 12.1 Å². The topological polar surface area (TPSA) is 38.3 Å². The highest BCUT2D eigenvalue weighted by molar-refractivity contribution is 7.80. The number of rotatable bonds is 7. The van der Waals surface area contributed by atoms with Gasteiger partial charge in [-0.15, -0.1) is 12.6 Å². The molecule has 94 valence electrons. The van der Waals surface area contributed by atoms with Gasteiger partial charge in [-0.05, 0) is 18.6 Å². The van der Waals surface area contributed by atoms with Crippen LogP contribution in [0, 0.1) is 0 Å². The van der Waals surface area contributed by atoms with E-state index >= 15 is 0 Å². The van der Waals surface area contributed by atoms with Crippen LogP contribution in [0.3, 0.4) is 0 Å². The Hall–Kier alpha value is -1.00. The molecule has 1 amide bonds. The molecule has 3 nitrogen and oxygen atoms in total. The number of thiol groups is 1. The summed E-state index contributed by atoms with van der Waals surface area (Å²) in [6.07, 6.45) is 2.19. The third kappa shape index (κ3) is 5.24. The first-order valence-corrected chi connectivity index (χ1v) is 6.34. The lowest BCUT2D eigenvalue weighted by molar-refractivity contribution is 0.0910. The summed E-state index contributed by atoms with van der Waals surface area (Å²) < 4.78 is 5.36. The number of nitrogens with one attached hydrogen (secondary N) is 1. The van der Waals surface area contributed by atoms with Gasteiger partial charge < -0.3 is 10.1 Å². The Morgan fingerprint density at radius 3 is 2.82 bits per heavy atom. The minimum Gasteiger partial charge on any atom is -0.380 e. The van der Waals surface area contributed by atoms with Gasteiger partial charge in [-0.2, -0.15) is 0 Å². The number of carbonyl (C=O) groups excluding carboxylic acids is 1. The first-order valence-electron chi connectivity index (χ1n) is 5.89. The summed E-state index contributed by atoms with van der Waals surface area (Å²) in [7, 11) is 0. The van der Waals surface area contributed by atoms with Crippen LogP contribution < -0.4 is 5.32 Å². The Balaban J connectivity index is 2.24. The number of hydrogen-bond acceptors (Lipinski definition) is 3. The molecule has 1 aromatic rings. The average molecular weight is 253 g/mol. The van der Waals surface area contributed by atoms with E-state index in [0.717, 1.165) is 19.4 Å². The molecule has 0 unspecified atom stereocenters. The lowest BCUT2D eigenvalue weighted by Crippen LogP contribution is -2.27. The molecule has 1 aromatic carbocycles. The molecule has 1 N–H and O–H groups in total. The van der Waals surface area contributed by atoms with E-state index in [0.29, 0.717) is 23.6 Å². The van der Waals surface area contributed by atoms with Crippen LogP contribution in [0.4, 0.5) is 0 Å². The SMILES string of the molecule is CCCCOCCNC(=O)c1ccccc1S. The highest BCUT2D eigenvalue weighted by Gasteiger charge is 2.07. The quantitative estimate of drug-likeness (QED) is 0.579. The molecule has 0 aromatic heterocycles. The van der Waals surface area contributed by atoms with Crippen LogP contribution in [0.15, 0.2) is 29.2 Å². The van der Waals surface area contributed by atoms with Gasteiger partial charge >= 0.3 is 0 Å². The van der Waals surface area contributed by atoms with Crippen LogP contribution in [-0.4, -0.2) is 25.7 Å². The molecular formula is C13H19NO2S. The Morgan fingerprint density at radius 2 is 2.12 bits per heavy atom. The van der Waals surface area contributed by atoms with Crippen molar-refractivity contribution in [3.63, 3.8) is 0 Å². The smallest absolute Gasteiger partial charge is 0.252 e. The van der Waals surface area contributed by atoms with Crippen LogP contribution in [0.25, 0.3) is 0 Å². The second-order valence-corrected chi connectivity index (χ2v) is 4.22. The van der Waals surface area contributed by atoms with E-state index in [1.165, 1.54) is 0 Å². The van der Waals surface area contributed by atoms with Crippen molar-refractivity contribution in [1.82, 2.24) is 5.32 Å². The first-order chi connectivity index (χ1) is 8.25. The highest BCUT2D eigenvalue weighted by Crippen LogP contribution is 2.12. The monoisotopic (exact) mass is 253 g/mol. The zero-order valence-corrected chi connectivity index (χ0v) is 11.0. The summed E-state index contributed by atoms with van der Waals surface area (Å²) in [5, 5.41) is 2.80. The minimum absolute atomic E-state index is 0.102. The summed E-state index contributed by atoms with van der Waals surface area (Å²) in [4.78, 5) is 12.4. The molecule has 0 atom stereocenters. The zero-order valence-electron chi connectivity index (χ0n) is 10.1. The van der Waals surface area contributed by atoms with Crippen molar-refractivity contribution < 1.29 is 9.53 Å². The molecule has 0 radical (unpaired) electrons. The van der Waals surface area contributed by atoms with Crippen molar-refractivity contribution in [2.45, 2.75) is 24.7 Å². The van der Waals surface area contributed by atoms with Gasteiger partial charge in [0, 0.05) is 18.0 Å². The fourth-order valence-electron chi connectivity index (χ4n) is 1.35. The molecule has 0 bridgehead atoms. The molecule has 0 saturated carbocycles. The van der Waals surface area contributed by atoms with Crippen molar-refractivity contribution in [1.29, 1.82) is 0 Å². The fourth-order valence-corrected chi connectivity index (χ4v) is 1.61. The van der Waals surface area contributed by atoms with Crippen molar-refractivity contribution in [3.05, 3.63) is 29.8 Å². The van der Waals surface area contributed by atoms with Crippen LogP contribution in [0.5, 0.6) is 0 Å². The Kier molecular flexibility index (Phi) is 6.74. The maximum absolute atomic E-state index is 11.7. The van der Waals surface area contributed by atoms with E-state index in [9.17, 15) is 4.79 Å². The number of benzene rings is 1. The number of hydrogen-bond donors (Lipinski definition) is 2. The summed E-state index contributed by atoms with van der Waals surface area (Å²) >= 11 is 4.24. The minimum atomic E-state index is -0.102. The predicted octanol–water partition coefficient (Wildman–Crippen LogP) is 2.52. The van der Waals surface area contributed by atoms with Crippen molar-refractivity contribution in [2.75, 3.05) is 19.8 Å². The first kappa shape index (κ1) is 14.1. The molecule has 0 aliphatic carbocycles. The Morgan fingerprint density at radius 1 is 1.35 bits per heavy atom. The van der Waals surface area contributed by atoms with E-state index in [1.54, 1.807) is 12.1 Å². The predicted molar refractivity (Wildman–Crippen MR) is 71.8 cm³/mol. The molecule has 17 heavy (non-hydrogen) atoms. The largest absolute Gasteiger partial charge is 0.380 e. The van der Waals surface area contributed by atoms with Crippen molar-refractivity contribution >= 4 is 18.5 Å². The van der Waals surface area contributed by atoms with Gasteiger partial charge in [-0.3, -0.25) is 4.79 Å². The normalized spacial score (nSPS) is 10.2. The molecule has 0 heterocycles. The molecule has 0 saturated heterocycles. The molecular weight excluding hydrogens is 234 g/mol. The number of carbonyl (C=O) groups is 1. The highest BCUT2D eigenvalue weighted by atomic mass is 32.1. The summed E-state index contributed by atoms with van der Waals surface area (Å²) in [6, 6.07) is 7.24. The molecule has 0 aliphatic rings. The molecule has 4 heteroatoms. The van der Waals surface area contributed by atoms with Gasteiger partial charge in [-0.1, -0.05) is 25.5 Å². The molecule has 1 rings (SSSR count).